The van der Waals surface area contributed by atoms with Gasteiger partial charge in [0.05, 0.1) is 50.0 Å². The van der Waals surface area contributed by atoms with Crippen molar-refractivity contribution in [1.82, 2.24) is 29.7 Å². The summed E-state index contributed by atoms with van der Waals surface area (Å²) in [6.45, 7) is 1.06. The highest BCUT2D eigenvalue weighted by Crippen LogP contribution is 2.45. The number of carbonyl (C=O) groups excluding carboxylic acids is 2. The standard InChI is InChI=1S/C20H26N9O9P/c1-10-5-28(20(32)25-18(10)30)15-4-12(26-27-21)13(38-15)7-36-39(33,34)35-6-11-2-3-14(37-11)29-9-24-16-17(29)22-8-23-19(16)31/h8-15H,2-7H2,1H3,(H,33,34)(H,22,23,31)(H,25,30,32)/t10?,11-,12+,13-,14+,15-/m1/s1. The number of phosphoric ester groups is 1. The van der Waals surface area contributed by atoms with E-state index in [1.807, 2.05) is 0 Å². The number of nitrogens with zero attached hydrogens (tertiary/aromatic N) is 7. The number of H-pyrrole nitrogens is 1. The van der Waals surface area contributed by atoms with E-state index in [0.717, 1.165) is 0 Å². The third-order valence-electron chi connectivity index (χ3n) is 6.75. The number of ether oxygens (including phenoxy) is 2. The van der Waals surface area contributed by atoms with E-state index in [1.54, 1.807) is 11.5 Å². The second-order valence-corrected chi connectivity index (χ2v) is 10.8. The predicted octanol–water partition coefficient (Wildman–Crippen LogP) is 0.913. The molecule has 3 aliphatic rings. The van der Waals surface area contributed by atoms with Crippen molar-refractivity contribution in [3.8, 4) is 0 Å². The topological polar surface area (TPSA) is 236 Å². The minimum absolute atomic E-state index is 0.108. The zero-order valence-corrected chi connectivity index (χ0v) is 21.5. The maximum atomic E-state index is 12.5. The van der Waals surface area contributed by atoms with Crippen molar-refractivity contribution >= 4 is 30.9 Å². The lowest BCUT2D eigenvalue weighted by Crippen LogP contribution is -2.57. The van der Waals surface area contributed by atoms with Gasteiger partial charge >= 0.3 is 13.9 Å². The first kappa shape index (κ1) is 27.2. The summed E-state index contributed by atoms with van der Waals surface area (Å²) in [5.41, 5.74) is 9.07. The molecule has 0 saturated carbocycles. The van der Waals surface area contributed by atoms with Crippen molar-refractivity contribution in [3.05, 3.63) is 33.5 Å². The summed E-state index contributed by atoms with van der Waals surface area (Å²) in [5.74, 6) is -0.864. The van der Waals surface area contributed by atoms with Crippen LogP contribution in [0.5, 0.6) is 0 Å². The van der Waals surface area contributed by atoms with Gasteiger partial charge in [0, 0.05) is 17.9 Å². The molecular weight excluding hydrogens is 541 g/mol. The van der Waals surface area contributed by atoms with Crippen LogP contribution < -0.4 is 10.9 Å². The number of amides is 3. The van der Waals surface area contributed by atoms with Gasteiger partial charge in [-0.05, 0) is 18.4 Å². The van der Waals surface area contributed by atoms with Crippen molar-refractivity contribution < 1.29 is 37.6 Å². The maximum Gasteiger partial charge on any atom is 0.472 e. The number of azide groups is 1. The van der Waals surface area contributed by atoms with Gasteiger partial charge in [0.25, 0.3) is 5.56 Å². The van der Waals surface area contributed by atoms with Crippen molar-refractivity contribution in [2.45, 2.75) is 56.9 Å². The number of nitrogens with one attached hydrogen (secondary N) is 2. The monoisotopic (exact) mass is 567 g/mol. The van der Waals surface area contributed by atoms with Gasteiger partial charge in [0.2, 0.25) is 5.91 Å². The van der Waals surface area contributed by atoms with Crippen LogP contribution in [0.4, 0.5) is 4.79 Å². The van der Waals surface area contributed by atoms with E-state index < -0.39 is 63.0 Å². The molecule has 18 nitrogen and oxygen atoms in total. The fraction of sp³-hybridized carbons (Fsp3) is 0.650. The highest BCUT2D eigenvalue weighted by atomic mass is 31.2. The number of imidazole rings is 1. The van der Waals surface area contributed by atoms with Gasteiger partial charge in [-0.2, -0.15) is 0 Å². The minimum Gasteiger partial charge on any atom is -0.352 e. The molecule has 210 valence electrons. The van der Waals surface area contributed by atoms with E-state index in [4.69, 9.17) is 24.1 Å². The number of hydrogen-bond acceptors (Lipinski definition) is 11. The number of fused-ring (bicyclic) bond motifs is 1. The van der Waals surface area contributed by atoms with Crippen LogP contribution in [0.25, 0.3) is 21.6 Å². The van der Waals surface area contributed by atoms with Gasteiger partial charge in [-0.15, -0.1) is 0 Å². The first-order chi connectivity index (χ1) is 18.6. The number of rotatable bonds is 9. The largest absolute Gasteiger partial charge is 0.472 e. The molecule has 7 atom stereocenters. The molecule has 39 heavy (non-hydrogen) atoms. The molecule has 3 amide bonds. The van der Waals surface area contributed by atoms with Crippen molar-refractivity contribution in [3.63, 3.8) is 0 Å². The lowest BCUT2D eigenvalue weighted by Gasteiger charge is -2.34. The fourth-order valence-electron chi connectivity index (χ4n) is 4.72. The minimum atomic E-state index is -4.56. The molecule has 3 saturated heterocycles. The molecule has 2 aromatic rings. The van der Waals surface area contributed by atoms with E-state index >= 15 is 0 Å². The number of hydrogen-bond donors (Lipinski definition) is 3. The Balaban J connectivity index is 1.13. The van der Waals surface area contributed by atoms with Gasteiger partial charge in [-0.3, -0.25) is 33.4 Å². The Labute approximate surface area is 219 Å². The van der Waals surface area contributed by atoms with Gasteiger partial charge in [-0.1, -0.05) is 12.0 Å². The number of imide groups is 1. The molecule has 3 fully saturated rings. The normalized spacial score (nSPS) is 30.8. The van der Waals surface area contributed by atoms with Crippen molar-refractivity contribution in [2.75, 3.05) is 19.8 Å². The SMILES string of the molecule is CC1CN([C@H]2C[C@H](N=[N+]=[N-])[C@@H](COP(=O)(O)OC[C@H]3CC[C@@H](n4cnc5c(=O)[nH]cnc54)O3)O2)C(=O)NC1=O. The predicted molar refractivity (Wildman–Crippen MR) is 129 cm³/mol. The third-order valence-corrected chi connectivity index (χ3v) is 7.70. The molecule has 2 unspecified atom stereocenters. The summed E-state index contributed by atoms with van der Waals surface area (Å²) in [7, 11) is -4.56. The number of aromatic nitrogens is 4. The summed E-state index contributed by atoms with van der Waals surface area (Å²) in [6, 6.07) is -1.42. The van der Waals surface area contributed by atoms with Gasteiger partial charge in [0.15, 0.2) is 11.2 Å². The van der Waals surface area contributed by atoms with E-state index in [0.29, 0.717) is 18.5 Å². The zero-order valence-electron chi connectivity index (χ0n) is 20.7. The number of aromatic amines is 1. The molecule has 2 aromatic heterocycles. The van der Waals surface area contributed by atoms with Crippen LogP contribution >= 0.6 is 7.82 Å². The Morgan fingerprint density at radius 1 is 1.23 bits per heavy atom. The smallest absolute Gasteiger partial charge is 0.352 e. The van der Waals surface area contributed by atoms with E-state index in [1.165, 1.54) is 17.6 Å². The summed E-state index contributed by atoms with van der Waals surface area (Å²) in [6.07, 6.45) is 1.07. The lowest BCUT2D eigenvalue weighted by atomic mass is 10.1. The Kier molecular flexibility index (Phi) is 7.68. The van der Waals surface area contributed by atoms with Crippen molar-refractivity contribution in [2.24, 2.45) is 11.0 Å². The van der Waals surface area contributed by atoms with Gasteiger partial charge in [0.1, 0.15) is 12.5 Å². The molecule has 3 N–H and O–H groups in total. The molecule has 0 bridgehead atoms. The highest BCUT2D eigenvalue weighted by molar-refractivity contribution is 7.47. The second-order valence-electron chi connectivity index (χ2n) is 9.39. The summed E-state index contributed by atoms with van der Waals surface area (Å²) >= 11 is 0. The molecule has 5 rings (SSSR count). The van der Waals surface area contributed by atoms with Crippen LogP contribution in [0, 0.1) is 5.92 Å². The van der Waals surface area contributed by atoms with E-state index in [2.05, 4.69) is 30.3 Å². The first-order valence-electron chi connectivity index (χ1n) is 12.1. The highest BCUT2D eigenvalue weighted by Gasteiger charge is 2.43. The van der Waals surface area contributed by atoms with Gasteiger partial charge in [-0.25, -0.2) is 19.3 Å². The third kappa shape index (κ3) is 5.81. The Hall–Kier alpha value is -3.37. The zero-order chi connectivity index (χ0) is 27.7. The Morgan fingerprint density at radius 3 is 2.82 bits per heavy atom. The summed E-state index contributed by atoms with van der Waals surface area (Å²) < 4.78 is 36.1. The Bertz CT molecular complexity index is 1410. The molecule has 0 radical (unpaired) electrons. The van der Waals surface area contributed by atoms with Crippen LogP contribution in [0.1, 0.15) is 32.4 Å². The average Bonchev–Trinajstić information content (AvgIpc) is 3.63. The molecule has 0 aliphatic carbocycles. The summed E-state index contributed by atoms with van der Waals surface area (Å²) in [4.78, 5) is 60.8. The fourth-order valence-corrected chi connectivity index (χ4v) is 5.49. The van der Waals surface area contributed by atoms with Crippen LogP contribution in [0.15, 0.2) is 22.6 Å². The molecule has 3 aliphatic heterocycles. The number of phosphoric acid groups is 1. The van der Waals surface area contributed by atoms with Crippen LogP contribution in [-0.4, -0.2) is 85.5 Å². The molecule has 0 aromatic carbocycles. The maximum absolute atomic E-state index is 12.5. The van der Waals surface area contributed by atoms with Crippen molar-refractivity contribution in [1.29, 1.82) is 0 Å². The second kappa shape index (κ2) is 11.0. The van der Waals surface area contributed by atoms with Crippen LogP contribution in [0.3, 0.4) is 0 Å². The number of carbonyl (C=O) groups is 2. The number of urea groups is 1. The lowest BCUT2D eigenvalue weighted by molar-refractivity contribution is -0.128. The Morgan fingerprint density at radius 2 is 2.03 bits per heavy atom. The molecule has 5 heterocycles. The molecular formula is C20H26N9O9P. The van der Waals surface area contributed by atoms with Gasteiger partial charge < -0.3 is 19.4 Å². The average molecular weight is 567 g/mol. The van der Waals surface area contributed by atoms with Crippen LogP contribution in [0.2, 0.25) is 0 Å². The van der Waals surface area contributed by atoms with E-state index in [9.17, 15) is 23.8 Å². The molecule has 0 spiro atoms. The first-order valence-corrected chi connectivity index (χ1v) is 13.6. The molecule has 19 heteroatoms. The van der Waals surface area contributed by atoms with E-state index in [-0.39, 0.29) is 30.6 Å². The summed E-state index contributed by atoms with van der Waals surface area (Å²) in [5, 5.41) is 5.90. The quantitative estimate of drug-likeness (QED) is 0.167. The van der Waals surface area contributed by atoms with Crippen LogP contribution in [-0.2, 0) is 27.9 Å².